The molecule has 1 aliphatic rings. The number of thiazole rings is 1. The predicted octanol–water partition coefficient (Wildman–Crippen LogP) is 1.47. The van der Waals surface area contributed by atoms with Gasteiger partial charge in [-0.05, 0) is 20.8 Å². The van der Waals surface area contributed by atoms with Crippen molar-refractivity contribution in [3.05, 3.63) is 11.6 Å². The average molecular weight is 341 g/mol. The Morgan fingerprint density at radius 3 is 2.96 bits per heavy atom. The fraction of sp³-hybridized carbons (Fsp3) is 0.643. The number of rotatable bonds is 3. The molecule has 1 aliphatic heterocycles. The smallest absolute Gasteiger partial charge is 0.410 e. The summed E-state index contributed by atoms with van der Waals surface area (Å²) in [4.78, 5) is 29.5. The molecule has 8 nitrogen and oxygen atoms in total. The van der Waals surface area contributed by atoms with E-state index in [4.69, 9.17) is 4.74 Å². The highest BCUT2D eigenvalue weighted by Crippen LogP contribution is 2.12. The van der Waals surface area contributed by atoms with Crippen LogP contribution in [0, 0.1) is 0 Å². The second-order valence-corrected chi connectivity index (χ2v) is 7.14. The monoisotopic (exact) mass is 341 g/mol. The average Bonchev–Trinajstić information content (AvgIpc) is 2.96. The van der Waals surface area contributed by atoms with Crippen molar-refractivity contribution in [1.29, 1.82) is 0 Å². The number of carbonyl (C=O) groups excluding carboxylic acids is 2. The molecule has 1 aromatic heterocycles. The highest BCUT2D eigenvalue weighted by molar-refractivity contribution is 7.13. The molecule has 128 valence electrons. The first-order valence-electron chi connectivity index (χ1n) is 7.49. The van der Waals surface area contributed by atoms with Crippen molar-refractivity contribution in [2.45, 2.75) is 32.4 Å². The first-order valence-corrected chi connectivity index (χ1v) is 8.37. The summed E-state index contributed by atoms with van der Waals surface area (Å²) in [6, 6.07) is -0.325. The van der Waals surface area contributed by atoms with Gasteiger partial charge in [-0.25, -0.2) is 14.6 Å². The Balaban J connectivity index is 1.75. The van der Waals surface area contributed by atoms with Gasteiger partial charge >= 0.3 is 12.1 Å². The zero-order valence-electron chi connectivity index (χ0n) is 13.6. The van der Waals surface area contributed by atoms with Crippen molar-refractivity contribution in [2.75, 3.05) is 31.5 Å². The van der Waals surface area contributed by atoms with E-state index >= 15 is 0 Å². The van der Waals surface area contributed by atoms with Crippen LogP contribution in [-0.2, 0) is 4.74 Å². The predicted molar refractivity (Wildman–Crippen MR) is 88.7 cm³/mol. The molecular weight excluding hydrogens is 318 g/mol. The number of hydrogen-bond donors (Lipinski definition) is 3. The summed E-state index contributed by atoms with van der Waals surface area (Å²) < 4.78 is 5.37. The number of amides is 3. The molecule has 3 N–H and O–H groups in total. The molecule has 2 rings (SSSR count). The quantitative estimate of drug-likeness (QED) is 0.774. The van der Waals surface area contributed by atoms with E-state index in [1.54, 1.807) is 16.5 Å². The molecule has 0 saturated carbocycles. The number of carbonyl (C=O) groups is 2. The normalized spacial score (nSPS) is 18.4. The zero-order valence-corrected chi connectivity index (χ0v) is 14.4. The van der Waals surface area contributed by atoms with Crippen LogP contribution in [0.15, 0.2) is 11.6 Å². The maximum Gasteiger partial charge on any atom is 0.410 e. The first-order chi connectivity index (χ1) is 10.8. The van der Waals surface area contributed by atoms with Crippen LogP contribution < -0.4 is 16.0 Å². The van der Waals surface area contributed by atoms with Gasteiger partial charge in [-0.1, -0.05) is 0 Å². The van der Waals surface area contributed by atoms with Gasteiger partial charge in [0.05, 0.1) is 0 Å². The molecule has 1 fully saturated rings. The molecule has 0 aromatic carbocycles. The van der Waals surface area contributed by atoms with Crippen molar-refractivity contribution in [1.82, 2.24) is 20.5 Å². The largest absolute Gasteiger partial charge is 0.444 e. The van der Waals surface area contributed by atoms with Crippen LogP contribution in [0.1, 0.15) is 20.8 Å². The lowest BCUT2D eigenvalue weighted by molar-refractivity contribution is 0.0197. The highest BCUT2D eigenvalue weighted by Gasteiger charge is 2.27. The van der Waals surface area contributed by atoms with Crippen LogP contribution in [0.25, 0.3) is 0 Å². The van der Waals surface area contributed by atoms with Gasteiger partial charge in [-0.2, -0.15) is 0 Å². The molecular formula is C14H23N5O3S. The fourth-order valence-electron chi connectivity index (χ4n) is 2.10. The topological polar surface area (TPSA) is 95.6 Å². The summed E-state index contributed by atoms with van der Waals surface area (Å²) in [5.41, 5.74) is -0.511. The number of anilines is 1. The van der Waals surface area contributed by atoms with Crippen molar-refractivity contribution < 1.29 is 14.3 Å². The SMILES string of the molecule is CC(C)(C)OC(=O)N1CCNC(CNC(=O)Nc2nccs2)C1. The molecule has 2 heterocycles. The van der Waals surface area contributed by atoms with Gasteiger partial charge in [0.1, 0.15) is 5.60 Å². The van der Waals surface area contributed by atoms with Gasteiger partial charge in [0, 0.05) is 43.8 Å². The molecule has 1 atom stereocenters. The van der Waals surface area contributed by atoms with E-state index in [0.717, 1.165) is 0 Å². The highest BCUT2D eigenvalue weighted by atomic mass is 32.1. The van der Waals surface area contributed by atoms with E-state index in [1.165, 1.54) is 11.3 Å². The number of nitrogens with zero attached hydrogens (tertiary/aromatic N) is 2. The Morgan fingerprint density at radius 1 is 1.52 bits per heavy atom. The van der Waals surface area contributed by atoms with Gasteiger partial charge in [0.25, 0.3) is 0 Å². The molecule has 0 aliphatic carbocycles. The maximum atomic E-state index is 12.1. The molecule has 23 heavy (non-hydrogen) atoms. The van der Waals surface area contributed by atoms with E-state index in [9.17, 15) is 9.59 Å². The van der Waals surface area contributed by atoms with E-state index in [2.05, 4.69) is 20.9 Å². The zero-order chi connectivity index (χ0) is 16.9. The number of urea groups is 1. The Morgan fingerprint density at radius 2 is 2.30 bits per heavy atom. The van der Waals surface area contributed by atoms with Gasteiger partial charge in [-0.15, -0.1) is 11.3 Å². The minimum absolute atomic E-state index is 0.0155. The third-order valence-corrected chi connectivity index (χ3v) is 3.76. The summed E-state index contributed by atoms with van der Waals surface area (Å²) in [5.74, 6) is 0. The molecule has 0 radical (unpaired) electrons. The Hall–Kier alpha value is -1.87. The first kappa shape index (κ1) is 17.5. The summed E-state index contributed by atoms with van der Waals surface area (Å²) in [5, 5.41) is 11.0. The number of ether oxygens (including phenoxy) is 1. The number of nitrogens with one attached hydrogen (secondary N) is 3. The number of hydrogen-bond acceptors (Lipinski definition) is 6. The molecule has 0 bridgehead atoms. The van der Waals surface area contributed by atoms with E-state index in [1.807, 2.05) is 20.8 Å². The minimum atomic E-state index is -0.511. The van der Waals surface area contributed by atoms with Crippen molar-refractivity contribution in [3.63, 3.8) is 0 Å². The third kappa shape index (κ3) is 6.03. The fourth-order valence-corrected chi connectivity index (χ4v) is 2.62. The molecule has 1 saturated heterocycles. The molecule has 1 aromatic rings. The summed E-state index contributed by atoms with van der Waals surface area (Å²) in [6.45, 7) is 7.69. The van der Waals surface area contributed by atoms with Crippen LogP contribution in [0.3, 0.4) is 0 Å². The standard InChI is InChI=1S/C14H23N5O3S/c1-14(2,3)22-13(21)19-6-4-15-10(9-19)8-17-11(20)18-12-16-5-7-23-12/h5,7,10,15H,4,6,8-9H2,1-3H3,(H2,16,17,18,20). The van der Waals surface area contributed by atoms with E-state index in [0.29, 0.717) is 31.3 Å². The van der Waals surface area contributed by atoms with Gasteiger partial charge in [-0.3, -0.25) is 5.32 Å². The second-order valence-electron chi connectivity index (χ2n) is 6.25. The molecule has 9 heteroatoms. The molecule has 1 unspecified atom stereocenters. The summed E-state index contributed by atoms with van der Waals surface area (Å²) in [7, 11) is 0. The van der Waals surface area contributed by atoms with Crippen LogP contribution in [0.5, 0.6) is 0 Å². The van der Waals surface area contributed by atoms with E-state index in [-0.39, 0.29) is 18.2 Å². The van der Waals surface area contributed by atoms with Crippen LogP contribution in [0.2, 0.25) is 0 Å². The number of piperazine rings is 1. The van der Waals surface area contributed by atoms with Gasteiger partial charge < -0.3 is 20.3 Å². The minimum Gasteiger partial charge on any atom is -0.444 e. The van der Waals surface area contributed by atoms with Gasteiger partial charge in [0.15, 0.2) is 5.13 Å². The van der Waals surface area contributed by atoms with Crippen molar-refractivity contribution in [2.24, 2.45) is 0 Å². The van der Waals surface area contributed by atoms with Crippen LogP contribution >= 0.6 is 11.3 Å². The lowest BCUT2D eigenvalue weighted by Gasteiger charge is -2.34. The lowest BCUT2D eigenvalue weighted by atomic mass is 10.2. The Bertz CT molecular complexity index is 529. The maximum absolute atomic E-state index is 12.1. The molecule has 3 amide bonds. The Kier molecular flexibility index (Phi) is 5.78. The molecule has 0 spiro atoms. The summed E-state index contributed by atoms with van der Waals surface area (Å²) >= 11 is 1.35. The van der Waals surface area contributed by atoms with Crippen LogP contribution in [-0.4, -0.2) is 59.8 Å². The third-order valence-electron chi connectivity index (χ3n) is 3.07. The van der Waals surface area contributed by atoms with E-state index < -0.39 is 5.60 Å². The Labute approximate surface area is 139 Å². The second kappa shape index (κ2) is 7.60. The van der Waals surface area contributed by atoms with Crippen LogP contribution in [0.4, 0.5) is 14.7 Å². The van der Waals surface area contributed by atoms with Crippen molar-refractivity contribution in [3.8, 4) is 0 Å². The van der Waals surface area contributed by atoms with Crippen molar-refractivity contribution >= 4 is 28.6 Å². The number of aromatic nitrogens is 1. The summed E-state index contributed by atoms with van der Waals surface area (Å²) in [6.07, 6.45) is 1.30. The van der Waals surface area contributed by atoms with Gasteiger partial charge in [0.2, 0.25) is 0 Å². The lowest BCUT2D eigenvalue weighted by Crippen LogP contribution is -2.57.